The lowest BCUT2D eigenvalue weighted by molar-refractivity contribution is 0.431. The standard InChI is InChI=1S/C9H16N2O/c1-8(11-6-5-10-2)9-4-3-7-12-9/h3-4,7-8,10-11H,5-6H2,1-2H3. The Morgan fingerprint density at radius 2 is 2.33 bits per heavy atom. The van der Waals surface area contributed by atoms with Crippen LogP contribution < -0.4 is 10.6 Å². The second-order valence-electron chi connectivity index (χ2n) is 2.79. The normalized spacial score (nSPS) is 13.2. The summed E-state index contributed by atoms with van der Waals surface area (Å²) in [5.74, 6) is 0.992. The first-order valence-corrected chi connectivity index (χ1v) is 4.26. The highest BCUT2D eigenvalue weighted by Gasteiger charge is 2.05. The van der Waals surface area contributed by atoms with Crippen LogP contribution in [-0.4, -0.2) is 20.1 Å². The zero-order valence-electron chi connectivity index (χ0n) is 7.63. The van der Waals surface area contributed by atoms with Gasteiger partial charge < -0.3 is 15.1 Å². The van der Waals surface area contributed by atoms with Crippen molar-refractivity contribution in [1.29, 1.82) is 0 Å². The first-order chi connectivity index (χ1) is 5.84. The minimum Gasteiger partial charge on any atom is -0.468 e. The lowest BCUT2D eigenvalue weighted by Crippen LogP contribution is -2.27. The maximum absolute atomic E-state index is 5.24. The molecule has 0 bridgehead atoms. The van der Waals surface area contributed by atoms with E-state index in [9.17, 15) is 0 Å². The molecule has 2 N–H and O–H groups in total. The topological polar surface area (TPSA) is 37.2 Å². The predicted octanol–water partition coefficient (Wildman–Crippen LogP) is 1.15. The van der Waals surface area contributed by atoms with Gasteiger partial charge in [-0.05, 0) is 26.1 Å². The molecule has 1 rings (SSSR count). The van der Waals surface area contributed by atoms with Gasteiger partial charge in [0.1, 0.15) is 5.76 Å². The fourth-order valence-corrected chi connectivity index (χ4v) is 1.05. The van der Waals surface area contributed by atoms with Crippen molar-refractivity contribution in [3.8, 4) is 0 Å². The Kier molecular flexibility index (Phi) is 3.84. The zero-order valence-corrected chi connectivity index (χ0v) is 7.63. The lowest BCUT2D eigenvalue weighted by Gasteiger charge is -2.10. The van der Waals surface area contributed by atoms with Gasteiger partial charge in [-0.15, -0.1) is 0 Å². The Balaban J connectivity index is 2.25. The number of nitrogens with one attached hydrogen (secondary N) is 2. The van der Waals surface area contributed by atoms with Crippen molar-refractivity contribution >= 4 is 0 Å². The molecule has 3 heteroatoms. The van der Waals surface area contributed by atoms with Crippen molar-refractivity contribution in [2.75, 3.05) is 20.1 Å². The van der Waals surface area contributed by atoms with E-state index in [1.165, 1.54) is 0 Å². The molecular formula is C9H16N2O. The second-order valence-corrected chi connectivity index (χ2v) is 2.79. The highest BCUT2D eigenvalue weighted by atomic mass is 16.3. The van der Waals surface area contributed by atoms with Crippen molar-refractivity contribution in [2.45, 2.75) is 13.0 Å². The van der Waals surface area contributed by atoms with Gasteiger partial charge in [0, 0.05) is 13.1 Å². The van der Waals surface area contributed by atoms with Gasteiger partial charge in [-0.2, -0.15) is 0 Å². The Morgan fingerprint density at radius 3 is 2.92 bits per heavy atom. The van der Waals surface area contributed by atoms with Gasteiger partial charge >= 0.3 is 0 Å². The molecule has 12 heavy (non-hydrogen) atoms. The molecule has 0 aliphatic heterocycles. The first-order valence-electron chi connectivity index (χ1n) is 4.26. The Hall–Kier alpha value is -0.800. The lowest BCUT2D eigenvalue weighted by atomic mass is 10.2. The number of likely N-dealkylation sites (N-methyl/N-ethyl adjacent to an activating group) is 1. The zero-order chi connectivity index (χ0) is 8.81. The van der Waals surface area contributed by atoms with E-state index in [0.29, 0.717) is 6.04 Å². The average molecular weight is 168 g/mol. The molecule has 0 radical (unpaired) electrons. The van der Waals surface area contributed by atoms with E-state index < -0.39 is 0 Å². The van der Waals surface area contributed by atoms with Crippen molar-refractivity contribution in [2.24, 2.45) is 0 Å². The van der Waals surface area contributed by atoms with Gasteiger partial charge in [0.2, 0.25) is 0 Å². The minimum absolute atomic E-state index is 0.299. The molecule has 1 heterocycles. The van der Waals surface area contributed by atoms with E-state index in [-0.39, 0.29) is 0 Å². The van der Waals surface area contributed by atoms with Crippen LogP contribution in [0.15, 0.2) is 22.8 Å². The van der Waals surface area contributed by atoms with Crippen LogP contribution in [0.5, 0.6) is 0 Å². The van der Waals surface area contributed by atoms with Gasteiger partial charge in [0.05, 0.1) is 12.3 Å². The Morgan fingerprint density at radius 1 is 1.50 bits per heavy atom. The summed E-state index contributed by atoms with van der Waals surface area (Å²) in [5.41, 5.74) is 0. The maximum Gasteiger partial charge on any atom is 0.120 e. The van der Waals surface area contributed by atoms with E-state index in [2.05, 4.69) is 17.6 Å². The molecule has 1 aromatic heterocycles. The third-order valence-electron chi connectivity index (χ3n) is 1.80. The summed E-state index contributed by atoms with van der Waals surface area (Å²) in [6.45, 7) is 4.03. The number of hydrogen-bond acceptors (Lipinski definition) is 3. The van der Waals surface area contributed by atoms with Gasteiger partial charge in [-0.1, -0.05) is 0 Å². The maximum atomic E-state index is 5.24. The Bertz CT molecular complexity index is 196. The number of furan rings is 1. The van der Waals surface area contributed by atoms with Crippen molar-refractivity contribution in [1.82, 2.24) is 10.6 Å². The van der Waals surface area contributed by atoms with E-state index in [0.717, 1.165) is 18.8 Å². The molecule has 0 aliphatic carbocycles. The second kappa shape index (κ2) is 4.95. The van der Waals surface area contributed by atoms with E-state index in [1.54, 1.807) is 6.26 Å². The highest BCUT2D eigenvalue weighted by Crippen LogP contribution is 2.10. The fraction of sp³-hybridized carbons (Fsp3) is 0.556. The summed E-state index contributed by atoms with van der Waals surface area (Å²) >= 11 is 0. The summed E-state index contributed by atoms with van der Waals surface area (Å²) in [7, 11) is 1.94. The summed E-state index contributed by atoms with van der Waals surface area (Å²) < 4.78 is 5.24. The molecule has 0 aromatic carbocycles. The molecule has 3 nitrogen and oxygen atoms in total. The Labute approximate surface area is 73.2 Å². The summed E-state index contributed by atoms with van der Waals surface area (Å²) in [6, 6.07) is 4.19. The van der Waals surface area contributed by atoms with Crippen molar-refractivity contribution in [3.05, 3.63) is 24.2 Å². The van der Waals surface area contributed by atoms with Crippen LogP contribution >= 0.6 is 0 Å². The van der Waals surface area contributed by atoms with Crippen LogP contribution in [0.1, 0.15) is 18.7 Å². The molecule has 1 unspecified atom stereocenters. The molecule has 0 saturated heterocycles. The van der Waals surface area contributed by atoms with Crippen LogP contribution in [0.4, 0.5) is 0 Å². The van der Waals surface area contributed by atoms with Crippen LogP contribution in [0.25, 0.3) is 0 Å². The number of rotatable bonds is 5. The molecule has 0 saturated carbocycles. The largest absolute Gasteiger partial charge is 0.468 e. The molecule has 0 spiro atoms. The van der Waals surface area contributed by atoms with Crippen molar-refractivity contribution in [3.63, 3.8) is 0 Å². The smallest absolute Gasteiger partial charge is 0.120 e. The van der Waals surface area contributed by atoms with Crippen molar-refractivity contribution < 1.29 is 4.42 Å². The third-order valence-corrected chi connectivity index (χ3v) is 1.80. The van der Waals surface area contributed by atoms with Gasteiger partial charge in [0.15, 0.2) is 0 Å². The molecule has 1 aromatic rings. The quantitative estimate of drug-likeness (QED) is 0.648. The average Bonchev–Trinajstić information content (AvgIpc) is 2.56. The van der Waals surface area contributed by atoms with E-state index in [4.69, 9.17) is 4.42 Å². The molecule has 0 amide bonds. The summed E-state index contributed by atoms with van der Waals surface area (Å²) in [4.78, 5) is 0. The van der Waals surface area contributed by atoms with Crippen LogP contribution in [0.3, 0.4) is 0 Å². The molecule has 1 atom stereocenters. The van der Waals surface area contributed by atoms with Crippen LogP contribution in [0, 0.1) is 0 Å². The van der Waals surface area contributed by atoms with Crippen LogP contribution in [-0.2, 0) is 0 Å². The monoisotopic (exact) mass is 168 g/mol. The minimum atomic E-state index is 0.299. The number of hydrogen-bond donors (Lipinski definition) is 2. The molecule has 68 valence electrons. The third kappa shape index (κ3) is 2.68. The predicted molar refractivity (Wildman–Crippen MR) is 49.1 cm³/mol. The summed E-state index contributed by atoms with van der Waals surface area (Å²) in [5, 5.41) is 6.40. The molecule has 0 fully saturated rings. The van der Waals surface area contributed by atoms with Gasteiger partial charge in [-0.25, -0.2) is 0 Å². The van der Waals surface area contributed by atoms with Gasteiger partial charge in [0.25, 0.3) is 0 Å². The van der Waals surface area contributed by atoms with E-state index >= 15 is 0 Å². The molecular weight excluding hydrogens is 152 g/mol. The van der Waals surface area contributed by atoms with E-state index in [1.807, 2.05) is 19.2 Å². The SMILES string of the molecule is CNCCNC(C)c1ccco1. The molecule has 0 aliphatic rings. The fourth-order valence-electron chi connectivity index (χ4n) is 1.05. The highest BCUT2D eigenvalue weighted by molar-refractivity contribution is 5.02. The first kappa shape index (κ1) is 9.29. The van der Waals surface area contributed by atoms with Gasteiger partial charge in [-0.3, -0.25) is 0 Å². The summed E-state index contributed by atoms with van der Waals surface area (Å²) in [6.07, 6.45) is 1.70. The van der Waals surface area contributed by atoms with Crippen LogP contribution in [0.2, 0.25) is 0 Å².